The molecule has 2 aromatic heterocycles. The zero-order valence-corrected chi connectivity index (χ0v) is 13.7. The number of halogens is 1. The number of likely N-dealkylation sites (tertiary alicyclic amines) is 1. The van der Waals surface area contributed by atoms with Crippen LogP contribution in [-0.4, -0.2) is 52.1 Å². The molecule has 4 heterocycles. The second kappa shape index (κ2) is 6.44. The Kier molecular flexibility index (Phi) is 4.12. The third-order valence-electron chi connectivity index (χ3n) is 4.72. The van der Waals surface area contributed by atoms with Gasteiger partial charge in [0.15, 0.2) is 11.6 Å². The van der Waals surface area contributed by atoms with Gasteiger partial charge in [0.25, 0.3) is 5.91 Å². The zero-order chi connectivity index (χ0) is 17.3. The molecule has 2 aliphatic heterocycles. The second-order valence-corrected chi connectivity index (χ2v) is 6.57. The minimum Gasteiger partial charge on any atom is -0.459 e. The van der Waals surface area contributed by atoms with Gasteiger partial charge in [0.1, 0.15) is 0 Å². The van der Waals surface area contributed by atoms with Crippen molar-refractivity contribution in [2.45, 2.75) is 30.9 Å². The van der Waals surface area contributed by atoms with E-state index in [4.69, 9.17) is 9.15 Å². The van der Waals surface area contributed by atoms with Gasteiger partial charge in [-0.05, 0) is 25.0 Å². The monoisotopic (exact) mass is 346 g/mol. The van der Waals surface area contributed by atoms with Gasteiger partial charge < -0.3 is 19.4 Å². The van der Waals surface area contributed by atoms with Crippen LogP contribution in [-0.2, 0) is 4.74 Å². The fourth-order valence-electron chi connectivity index (χ4n) is 3.62. The van der Waals surface area contributed by atoms with E-state index in [1.165, 1.54) is 6.26 Å². The quantitative estimate of drug-likeness (QED) is 0.917. The van der Waals surface area contributed by atoms with E-state index in [2.05, 4.69) is 15.3 Å². The number of hydrogen-bond acceptors (Lipinski definition) is 6. The number of piperidine rings is 1. The van der Waals surface area contributed by atoms with Gasteiger partial charge in [0.2, 0.25) is 5.95 Å². The van der Waals surface area contributed by atoms with Crippen molar-refractivity contribution in [3.05, 3.63) is 42.4 Å². The van der Waals surface area contributed by atoms with Crippen LogP contribution in [0.1, 0.15) is 29.8 Å². The molecule has 2 fully saturated rings. The summed E-state index contributed by atoms with van der Waals surface area (Å²) in [4.78, 5) is 22.1. The zero-order valence-electron chi connectivity index (χ0n) is 13.7. The van der Waals surface area contributed by atoms with E-state index in [-0.39, 0.29) is 17.6 Å². The lowest BCUT2D eigenvalue weighted by Gasteiger charge is -2.39. The van der Waals surface area contributed by atoms with E-state index >= 15 is 0 Å². The van der Waals surface area contributed by atoms with Gasteiger partial charge >= 0.3 is 0 Å². The number of hydrogen-bond donors (Lipinski definition) is 1. The topological polar surface area (TPSA) is 80.5 Å². The Morgan fingerprint density at radius 3 is 3.00 bits per heavy atom. The number of nitrogens with one attached hydrogen (secondary N) is 1. The fourth-order valence-corrected chi connectivity index (χ4v) is 3.62. The summed E-state index contributed by atoms with van der Waals surface area (Å²) >= 11 is 0. The van der Waals surface area contributed by atoms with Crippen LogP contribution in [0.15, 0.2) is 35.2 Å². The molecule has 132 valence electrons. The van der Waals surface area contributed by atoms with E-state index in [0.717, 1.165) is 31.7 Å². The van der Waals surface area contributed by atoms with Crippen LogP contribution >= 0.6 is 0 Å². The molecule has 0 unspecified atom stereocenters. The van der Waals surface area contributed by atoms with Gasteiger partial charge in [-0.2, -0.15) is 0 Å². The van der Waals surface area contributed by atoms with E-state index in [9.17, 15) is 9.18 Å². The van der Waals surface area contributed by atoms with Crippen molar-refractivity contribution in [1.29, 1.82) is 0 Å². The third-order valence-corrected chi connectivity index (χ3v) is 4.72. The van der Waals surface area contributed by atoms with Crippen molar-refractivity contribution < 1.29 is 18.3 Å². The van der Waals surface area contributed by atoms with Crippen molar-refractivity contribution in [2.75, 3.05) is 25.0 Å². The van der Waals surface area contributed by atoms with Crippen LogP contribution in [0.2, 0.25) is 0 Å². The average Bonchev–Trinajstić information content (AvgIpc) is 3.27. The first-order valence-corrected chi connectivity index (χ1v) is 8.34. The first-order chi connectivity index (χ1) is 12.1. The van der Waals surface area contributed by atoms with Crippen LogP contribution in [0, 0.1) is 5.82 Å². The lowest BCUT2D eigenvalue weighted by atomic mass is 9.88. The van der Waals surface area contributed by atoms with E-state index in [1.807, 2.05) is 0 Å². The third kappa shape index (κ3) is 3.34. The van der Waals surface area contributed by atoms with E-state index < -0.39 is 5.82 Å². The van der Waals surface area contributed by atoms with Crippen LogP contribution in [0.25, 0.3) is 0 Å². The molecular formula is C17H19FN4O3. The molecule has 0 aromatic carbocycles. The van der Waals surface area contributed by atoms with Gasteiger partial charge in [0, 0.05) is 13.0 Å². The van der Waals surface area contributed by atoms with Crippen molar-refractivity contribution in [3.8, 4) is 0 Å². The number of ether oxygens (including phenoxy) is 1. The molecule has 2 atom stereocenters. The molecule has 0 bridgehead atoms. The molecule has 0 aliphatic carbocycles. The molecule has 0 radical (unpaired) electrons. The average molecular weight is 346 g/mol. The number of furan rings is 1. The molecule has 2 saturated heterocycles. The molecule has 7 nitrogen and oxygen atoms in total. The molecule has 1 amide bonds. The van der Waals surface area contributed by atoms with Gasteiger partial charge in [0.05, 0.1) is 43.5 Å². The van der Waals surface area contributed by atoms with E-state index in [0.29, 0.717) is 31.4 Å². The first kappa shape index (κ1) is 16.0. The number of amides is 1. The Labute approximate surface area is 144 Å². The number of carbonyl (C=O) groups is 1. The number of carbonyl (C=O) groups excluding carboxylic acids is 1. The highest BCUT2D eigenvalue weighted by atomic mass is 19.1. The Balaban J connectivity index is 1.40. The molecule has 0 saturated carbocycles. The highest BCUT2D eigenvalue weighted by Gasteiger charge is 2.45. The predicted octanol–water partition coefficient (Wildman–Crippen LogP) is 2.08. The van der Waals surface area contributed by atoms with Gasteiger partial charge in [-0.15, -0.1) is 0 Å². The lowest BCUT2D eigenvalue weighted by molar-refractivity contribution is -0.0452. The molecule has 1 N–H and O–H groups in total. The maximum Gasteiger partial charge on any atom is 0.289 e. The van der Waals surface area contributed by atoms with Crippen molar-refractivity contribution >= 4 is 11.9 Å². The molecule has 1 spiro atoms. The highest BCUT2D eigenvalue weighted by Crippen LogP contribution is 2.36. The Hall–Kier alpha value is -2.48. The predicted molar refractivity (Wildman–Crippen MR) is 86.5 cm³/mol. The summed E-state index contributed by atoms with van der Waals surface area (Å²) in [5.74, 6) is 0.158. The highest BCUT2D eigenvalue weighted by molar-refractivity contribution is 5.91. The molecule has 25 heavy (non-hydrogen) atoms. The minimum absolute atomic E-state index is 0.0316. The SMILES string of the molecule is O=C(c1ccco1)N1CCC[C@@]2(C[C@H](Nc3ncc(F)cn3)CO2)C1. The van der Waals surface area contributed by atoms with Crippen molar-refractivity contribution in [3.63, 3.8) is 0 Å². The summed E-state index contributed by atoms with van der Waals surface area (Å²) in [5, 5.41) is 3.18. The maximum absolute atomic E-state index is 12.9. The lowest BCUT2D eigenvalue weighted by Crippen LogP contribution is -2.50. The van der Waals surface area contributed by atoms with Crippen LogP contribution < -0.4 is 5.32 Å². The largest absolute Gasteiger partial charge is 0.459 e. The Morgan fingerprint density at radius 1 is 1.40 bits per heavy atom. The second-order valence-electron chi connectivity index (χ2n) is 6.57. The normalized spacial score (nSPS) is 26.1. The van der Waals surface area contributed by atoms with Gasteiger partial charge in [-0.3, -0.25) is 4.79 Å². The van der Waals surface area contributed by atoms with Crippen molar-refractivity contribution in [1.82, 2.24) is 14.9 Å². The number of aromatic nitrogens is 2. The maximum atomic E-state index is 12.9. The molecule has 2 aliphatic rings. The summed E-state index contributed by atoms with van der Waals surface area (Å²) in [5.41, 5.74) is -0.363. The summed E-state index contributed by atoms with van der Waals surface area (Å²) in [7, 11) is 0. The van der Waals surface area contributed by atoms with E-state index in [1.54, 1.807) is 17.0 Å². The summed E-state index contributed by atoms with van der Waals surface area (Å²) in [6.07, 6.45) is 6.29. The number of rotatable bonds is 3. The summed E-state index contributed by atoms with van der Waals surface area (Å²) in [6, 6.07) is 3.42. The fraction of sp³-hybridized carbons (Fsp3) is 0.471. The van der Waals surface area contributed by atoms with Gasteiger partial charge in [-0.1, -0.05) is 0 Å². The molecule has 8 heteroatoms. The summed E-state index contributed by atoms with van der Waals surface area (Å²) in [6.45, 7) is 1.74. The van der Waals surface area contributed by atoms with Crippen LogP contribution in [0.4, 0.5) is 10.3 Å². The van der Waals surface area contributed by atoms with Gasteiger partial charge in [-0.25, -0.2) is 14.4 Å². The van der Waals surface area contributed by atoms with Crippen LogP contribution in [0.3, 0.4) is 0 Å². The Bertz CT molecular complexity index is 737. The number of anilines is 1. The smallest absolute Gasteiger partial charge is 0.289 e. The minimum atomic E-state index is -0.468. The molecule has 2 aromatic rings. The standard InChI is InChI=1S/C17H19FN4O3/c18-12-8-19-16(20-9-12)21-13-7-17(25-10-13)4-2-5-22(11-17)15(23)14-3-1-6-24-14/h1,3,6,8-9,13H,2,4-5,7,10-11H2,(H,19,20,21)/t13-,17+/m0/s1. The number of nitrogens with zero attached hydrogens (tertiary/aromatic N) is 3. The molecule has 4 rings (SSSR count). The van der Waals surface area contributed by atoms with Crippen LogP contribution in [0.5, 0.6) is 0 Å². The molecular weight excluding hydrogens is 327 g/mol. The summed E-state index contributed by atoms with van der Waals surface area (Å²) < 4.78 is 24.2. The first-order valence-electron chi connectivity index (χ1n) is 8.34. The van der Waals surface area contributed by atoms with Crippen molar-refractivity contribution in [2.24, 2.45) is 0 Å². The Morgan fingerprint density at radius 2 is 2.24 bits per heavy atom.